The Bertz CT molecular complexity index is 437. The Morgan fingerprint density at radius 2 is 1.71 bits per heavy atom. The van der Waals surface area contributed by atoms with Gasteiger partial charge >= 0.3 is 12.1 Å². The van der Waals surface area contributed by atoms with Gasteiger partial charge in [-0.05, 0) is 13.8 Å². The molecular weight excluding hydrogens is 224 g/mol. The fourth-order valence-corrected chi connectivity index (χ4v) is 2.73. The molecular formula is C10H16N4O3. The first-order valence-corrected chi connectivity index (χ1v) is 5.32. The predicted octanol–water partition coefficient (Wildman–Crippen LogP) is -0.0123. The second kappa shape index (κ2) is 2.91. The summed E-state index contributed by atoms with van der Waals surface area (Å²) in [5, 5.41) is 2.70. The van der Waals surface area contributed by atoms with Gasteiger partial charge in [-0.1, -0.05) is 0 Å². The molecule has 2 rings (SSSR count). The number of imide groups is 1. The maximum Gasteiger partial charge on any atom is 0.330 e. The molecule has 2 aliphatic rings. The van der Waals surface area contributed by atoms with E-state index in [4.69, 9.17) is 0 Å². The Morgan fingerprint density at radius 1 is 1.18 bits per heavy atom. The standard InChI is InChI=1S/C10H16N4O3/c1-6(15)14-8(17)13(5)10(3)9(14,2)11-7(16)12(10)4/h1-5H3,(H,11,16)/t9-,10+/m1/s1. The zero-order valence-corrected chi connectivity index (χ0v) is 10.6. The number of amides is 5. The molecule has 17 heavy (non-hydrogen) atoms. The molecule has 2 saturated heterocycles. The Morgan fingerprint density at radius 3 is 2.18 bits per heavy atom. The lowest BCUT2D eigenvalue weighted by molar-refractivity contribution is -0.131. The fraction of sp³-hybridized carbons (Fsp3) is 0.700. The fourth-order valence-electron chi connectivity index (χ4n) is 2.73. The molecule has 0 aromatic rings. The number of fused-ring (bicyclic) bond motifs is 1. The van der Waals surface area contributed by atoms with Crippen LogP contribution in [0.2, 0.25) is 0 Å². The van der Waals surface area contributed by atoms with Gasteiger partial charge in [0.25, 0.3) is 0 Å². The van der Waals surface area contributed by atoms with Crippen LogP contribution in [0, 0.1) is 0 Å². The molecule has 2 atom stereocenters. The number of carbonyl (C=O) groups is 3. The monoisotopic (exact) mass is 240 g/mol. The van der Waals surface area contributed by atoms with Crippen LogP contribution in [-0.4, -0.2) is 58.1 Å². The second-order valence-corrected chi connectivity index (χ2v) is 4.78. The van der Waals surface area contributed by atoms with Gasteiger partial charge in [0.2, 0.25) is 5.91 Å². The van der Waals surface area contributed by atoms with Crippen LogP contribution in [0.1, 0.15) is 20.8 Å². The highest BCUT2D eigenvalue weighted by atomic mass is 16.2. The van der Waals surface area contributed by atoms with E-state index in [2.05, 4.69) is 5.32 Å². The summed E-state index contributed by atoms with van der Waals surface area (Å²) in [4.78, 5) is 39.4. The summed E-state index contributed by atoms with van der Waals surface area (Å²) >= 11 is 0. The normalized spacial score (nSPS) is 36.4. The molecule has 7 nitrogen and oxygen atoms in total. The highest BCUT2D eigenvalue weighted by molar-refractivity contribution is 5.99. The van der Waals surface area contributed by atoms with Crippen LogP contribution >= 0.6 is 0 Å². The van der Waals surface area contributed by atoms with Crippen LogP contribution in [0.4, 0.5) is 9.59 Å². The van der Waals surface area contributed by atoms with E-state index in [9.17, 15) is 14.4 Å². The van der Waals surface area contributed by atoms with Gasteiger partial charge in [-0.25, -0.2) is 14.5 Å². The van der Waals surface area contributed by atoms with Gasteiger partial charge < -0.3 is 15.1 Å². The number of nitrogens with one attached hydrogen (secondary N) is 1. The third kappa shape index (κ3) is 0.992. The quantitative estimate of drug-likeness (QED) is 0.647. The number of rotatable bonds is 0. The molecule has 0 aliphatic carbocycles. The zero-order valence-electron chi connectivity index (χ0n) is 10.6. The highest BCUT2D eigenvalue weighted by Gasteiger charge is 2.70. The Balaban J connectivity index is 2.63. The average Bonchev–Trinajstić information content (AvgIpc) is 2.47. The van der Waals surface area contributed by atoms with E-state index in [1.807, 2.05) is 0 Å². The molecule has 0 unspecified atom stereocenters. The van der Waals surface area contributed by atoms with Crippen LogP contribution in [0.25, 0.3) is 0 Å². The summed E-state index contributed by atoms with van der Waals surface area (Å²) < 4.78 is 0. The molecule has 2 heterocycles. The minimum atomic E-state index is -1.05. The Hall–Kier alpha value is -1.79. The number of hydrogen-bond donors (Lipinski definition) is 1. The van der Waals surface area contributed by atoms with Crippen molar-refractivity contribution in [2.45, 2.75) is 32.1 Å². The number of hydrogen-bond acceptors (Lipinski definition) is 3. The largest absolute Gasteiger partial charge is 0.330 e. The van der Waals surface area contributed by atoms with Gasteiger partial charge in [0.1, 0.15) is 0 Å². The molecule has 2 aliphatic heterocycles. The highest BCUT2D eigenvalue weighted by Crippen LogP contribution is 2.44. The van der Waals surface area contributed by atoms with Crippen LogP contribution in [0.15, 0.2) is 0 Å². The van der Waals surface area contributed by atoms with Gasteiger partial charge in [-0.15, -0.1) is 0 Å². The maximum absolute atomic E-state index is 12.1. The summed E-state index contributed by atoms with van der Waals surface area (Å²) in [5.41, 5.74) is -1.93. The van der Waals surface area contributed by atoms with Gasteiger partial charge in [0, 0.05) is 21.0 Å². The zero-order chi connectivity index (χ0) is 13.2. The minimum absolute atomic E-state index is 0.305. The van der Waals surface area contributed by atoms with Crippen molar-refractivity contribution in [2.75, 3.05) is 14.1 Å². The van der Waals surface area contributed by atoms with Gasteiger partial charge in [-0.3, -0.25) is 4.79 Å². The predicted molar refractivity (Wildman–Crippen MR) is 58.8 cm³/mol. The molecule has 0 aromatic carbocycles. The van der Waals surface area contributed by atoms with Crippen LogP contribution < -0.4 is 5.32 Å². The van der Waals surface area contributed by atoms with Crippen molar-refractivity contribution in [3.05, 3.63) is 0 Å². The van der Waals surface area contributed by atoms with Crippen molar-refractivity contribution in [3.8, 4) is 0 Å². The molecule has 5 amide bonds. The van der Waals surface area contributed by atoms with Gasteiger partial charge in [0.05, 0.1) is 0 Å². The number of nitrogens with zero attached hydrogens (tertiary/aromatic N) is 3. The van der Waals surface area contributed by atoms with E-state index in [0.29, 0.717) is 0 Å². The van der Waals surface area contributed by atoms with E-state index < -0.39 is 17.4 Å². The molecule has 0 bridgehead atoms. The van der Waals surface area contributed by atoms with Crippen molar-refractivity contribution in [1.29, 1.82) is 0 Å². The summed E-state index contributed by atoms with van der Waals surface area (Å²) in [6.45, 7) is 4.75. The van der Waals surface area contributed by atoms with Crippen molar-refractivity contribution in [3.63, 3.8) is 0 Å². The van der Waals surface area contributed by atoms with Crippen molar-refractivity contribution < 1.29 is 14.4 Å². The van der Waals surface area contributed by atoms with Crippen LogP contribution in [-0.2, 0) is 4.79 Å². The first-order valence-electron chi connectivity index (χ1n) is 5.32. The van der Waals surface area contributed by atoms with E-state index in [1.54, 1.807) is 27.9 Å². The van der Waals surface area contributed by atoms with E-state index in [0.717, 1.165) is 4.90 Å². The van der Waals surface area contributed by atoms with Crippen molar-refractivity contribution >= 4 is 18.0 Å². The molecule has 0 radical (unpaired) electrons. The average molecular weight is 240 g/mol. The summed E-state index contributed by atoms with van der Waals surface area (Å²) in [5.74, 6) is -0.385. The molecule has 2 fully saturated rings. The molecule has 0 spiro atoms. The van der Waals surface area contributed by atoms with Gasteiger partial charge in [-0.2, -0.15) is 0 Å². The molecule has 0 aromatic heterocycles. The third-order valence-electron chi connectivity index (χ3n) is 4.12. The van der Waals surface area contributed by atoms with E-state index in [1.165, 1.54) is 16.7 Å². The molecule has 94 valence electrons. The van der Waals surface area contributed by atoms with Gasteiger partial charge in [0.15, 0.2) is 11.3 Å². The van der Waals surface area contributed by atoms with E-state index in [-0.39, 0.29) is 11.9 Å². The van der Waals surface area contributed by atoms with Crippen molar-refractivity contribution in [1.82, 2.24) is 20.0 Å². The van der Waals surface area contributed by atoms with Crippen LogP contribution in [0.5, 0.6) is 0 Å². The summed E-state index contributed by atoms with van der Waals surface area (Å²) in [6.07, 6.45) is 0. The van der Waals surface area contributed by atoms with Crippen molar-refractivity contribution in [2.24, 2.45) is 0 Å². The summed E-state index contributed by atoms with van der Waals surface area (Å²) in [7, 11) is 3.19. The third-order valence-corrected chi connectivity index (χ3v) is 4.12. The summed E-state index contributed by atoms with van der Waals surface area (Å²) in [6, 6.07) is -0.713. The lowest BCUT2D eigenvalue weighted by Crippen LogP contribution is -2.63. The first-order chi connectivity index (χ1) is 7.68. The SMILES string of the molecule is CC(=O)N1C(=O)N(C)[C@]2(C)N(C)C(=O)N[C@]12C. The lowest BCUT2D eigenvalue weighted by Gasteiger charge is -2.40. The first kappa shape index (κ1) is 11.7. The molecule has 7 heteroatoms. The van der Waals surface area contributed by atoms with Crippen LogP contribution in [0.3, 0.4) is 0 Å². The minimum Gasteiger partial charge on any atom is -0.311 e. The lowest BCUT2D eigenvalue weighted by atomic mass is 9.97. The Kier molecular flexibility index (Phi) is 2.00. The maximum atomic E-state index is 12.1. The molecule has 1 N–H and O–H groups in total. The number of carbonyl (C=O) groups excluding carboxylic acids is 3. The topological polar surface area (TPSA) is 73.0 Å². The smallest absolute Gasteiger partial charge is 0.311 e. The number of urea groups is 2. The second-order valence-electron chi connectivity index (χ2n) is 4.78. The van der Waals surface area contributed by atoms with E-state index >= 15 is 0 Å². The Labute approximate surface area is 99.3 Å². The number of likely N-dealkylation sites (N-methyl/N-ethyl adjacent to an activating group) is 2. The molecule has 0 saturated carbocycles.